The number of rotatable bonds is 8. The summed E-state index contributed by atoms with van der Waals surface area (Å²) in [4.78, 5) is 51.0. The van der Waals surface area contributed by atoms with E-state index in [1.54, 1.807) is 19.1 Å². The molecule has 1 heterocycles. The smallest absolute Gasteiger partial charge is 0.339 e. The average molecular weight is 690 g/mol. The second-order valence-corrected chi connectivity index (χ2v) is 11.3. The molecule has 0 unspecified atom stereocenters. The summed E-state index contributed by atoms with van der Waals surface area (Å²) >= 11 is 1.86. The van der Waals surface area contributed by atoms with Gasteiger partial charge in [0.1, 0.15) is 10.5 Å². The summed E-state index contributed by atoms with van der Waals surface area (Å²) in [5.74, 6) is -2.41. The van der Waals surface area contributed by atoms with Gasteiger partial charge >= 0.3 is 22.1 Å². The van der Waals surface area contributed by atoms with Crippen molar-refractivity contribution in [3.05, 3.63) is 86.5 Å². The summed E-state index contributed by atoms with van der Waals surface area (Å²) < 4.78 is 41.9. The fraction of sp³-hybridized carbons (Fsp3) is 0.143. The predicted octanol–water partition coefficient (Wildman–Crippen LogP) is 4.22. The first-order valence-corrected chi connectivity index (χ1v) is 14.5. The molecule has 1 N–H and O–H groups in total. The monoisotopic (exact) mass is 690 g/mol. The maximum Gasteiger partial charge on any atom is 0.339 e. The van der Waals surface area contributed by atoms with Gasteiger partial charge in [-0.05, 0) is 96.6 Å². The molecule has 0 spiro atoms. The Bertz CT molecular complexity index is 1680. The van der Waals surface area contributed by atoms with Gasteiger partial charge in [-0.3, -0.25) is 14.9 Å². The Kier molecular flexibility index (Phi) is 8.77. The third-order valence-corrected chi connectivity index (χ3v) is 7.83. The third-order valence-electron chi connectivity index (χ3n) is 5.79. The molecule has 0 bridgehead atoms. The fourth-order valence-corrected chi connectivity index (χ4v) is 5.64. The molecular weight excluding hydrogens is 667 g/mol. The van der Waals surface area contributed by atoms with Crippen molar-refractivity contribution in [1.82, 2.24) is 5.32 Å². The zero-order chi connectivity index (χ0) is 29.9. The van der Waals surface area contributed by atoms with Crippen LogP contribution in [-0.4, -0.2) is 45.9 Å². The van der Waals surface area contributed by atoms with Gasteiger partial charge in [-0.1, -0.05) is 17.7 Å². The number of hydrogen-bond acceptors (Lipinski definition) is 9. The van der Waals surface area contributed by atoms with E-state index in [1.807, 2.05) is 29.5 Å². The van der Waals surface area contributed by atoms with Crippen LogP contribution in [0.15, 0.2) is 71.1 Å². The number of benzene rings is 3. The molecule has 1 aliphatic rings. The zero-order valence-electron chi connectivity index (χ0n) is 22.0. The van der Waals surface area contributed by atoms with Crippen LogP contribution in [-0.2, 0) is 24.4 Å². The molecule has 212 valence electrons. The van der Waals surface area contributed by atoms with E-state index >= 15 is 0 Å². The van der Waals surface area contributed by atoms with Crippen LogP contribution >= 0.6 is 22.6 Å². The minimum atomic E-state index is -4.20. The lowest BCUT2D eigenvalue weighted by Crippen LogP contribution is -2.54. The summed E-state index contributed by atoms with van der Waals surface area (Å²) in [6, 6.07) is 13.6. The van der Waals surface area contributed by atoms with Crippen LogP contribution in [0.5, 0.6) is 11.5 Å². The summed E-state index contributed by atoms with van der Waals surface area (Å²) in [6.45, 7) is 3.69. The highest BCUT2D eigenvalue weighted by atomic mass is 127. The number of hydrogen-bond donors (Lipinski definition) is 1. The number of aryl methyl sites for hydroxylation is 1. The van der Waals surface area contributed by atoms with E-state index in [0.29, 0.717) is 9.13 Å². The number of nitrogens with one attached hydrogen (secondary N) is 1. The Balaban J connectivity index is 1.69. The average Bonchev–Trinajstić information content (AvgIpc) is 2.93. The number of ether oxygens (including phenoxy) is 2. The number of imide groups is 2. The molecule has 11 nitrogen and oxygen atoms in total. The summed E-state index contributed by atoms with van der Waals surface area (Å²) in [5.41, 5.74) is 1.16. The maximum absolute atomic E-state index is 13.3. The Morgan fingerprint density at radius 3 is 2.29 bits per heavy atom. The molecule has 4 amide bonds. The van der Waals surface area contributed by atoms with E-state index < -0.39 is 33.9 Å². The standard InChI is InChI=1S/C28H23IN2O9S/c1-4-39-23-15-17(14-22(29)24(23)40-41(36,37)20-11-5-16(2)6-12-20)13-21-25(32)30-28(35)31(26(21)33)19-9-7-18(8-10-19)27(34)38-3/h5-15H,4H2,1-3H3,(H,30,32,35)/b21-13+. The molecule has 0 saturated carbocycles. The first-order chi connectivity index (χ1) is 19.4. The van der Waals surface area contributed by atoms with Gasteiger partial charge in [0.2, 0.25) is 0 Å². The van der Waals surface area contributed by atoms with Crippen molar-refractivity contribution in [1.29, 1.82) is 0 Å². The van der Waals surface area contributed by atoms with Crippen LogP contribution in [0.2, 0.25) is 0 Å². The Labute approximate surface area is 249 Å². The highest BCUT2D eigenvalue weighted by Gasteiger charge is 2.37. The van der Waals surface area contributed by atoms with E-state index in [1.165, 1.54) is 61.7 Å². The van der Waals surface area contributed by atoms with Gasteiger partial charge < -0.3 is 13.7 Å². The number of carbonyl (C=O) groups excluding carboxylic acids is 4. The van der Waals surface area contributed by atoms with Crippen LogP contribution in [0.25, 0.3) is 6.08 Å². The minimum Gasteiger partial charge on any atom is -0.490 e. The van der Waals surface area contributed by atoms with E-state index in [0.717, 1.165) is 10.5 Å². The fourth-order valence-electron chi connectivity index (χ4n) is 3.80. The molecule has 0 radical (unpaired) electrons. The topological polar surface area (TPSA) is 145 Å². The normalized spacial score (nSPS) is 14.6. The first-order valence-electron chi connectivity index (χ1n) is 12.0. The van der Waals surface area contributed by atoms with Crippen molar-refractivity contribution in [2.75, 3.05) is 18.6 Å². The maximum atomic E-state index is 13.3. The lowest BCUT2D eigenvalue weighted by atomic mass is 10.1. The number of carbonyl (C=O) groups is 4. The summed E-state index contributed by atoms with van der Waals surface area (Å²) in [7, 11) is -2.97. The molecule has 0 atom stereocenters. The van der Waals surface area contributed by atoms with Crippen molar-refractivity contribution in [3.8, 4) is 11.5 Å². The van der Waals surface area contributed by atoms with Crippen LogP contribution < -0.4 is 19.1 Å². The van der Waals surface area contributed by atoms with Gasteiger partial charge in [-0.2, -0.15) is 8.42 Å². The lowest BCUT2D eigenvalue weighted by molar-refractivity contribution is -0.122. The van der Waals surface area contributed by atoms with Crippen LogP contribution in [0.4, 0.5) is 10.5 Å². The van der Waals surface area contributed by atoms with Crippen molar-refractivity contribution < 1.29 is 41.3 Å². The quantitative estimate of drug-likeness (QED) is 0.121. The predicted molar refractivity (Wildman–Crippen MR) is 156 cm³/mol. The number of halogens is 1. The SMILES string of the molecule is CCOc1cc(/C=C2\C(=O)NC(=O)N(c3ccc(C(=O)OC)cc3)C2=O)cc(I)c1OS(=O)(=O)c1ccc(C)cc1. The second-order valence-electron chi connectivity index (χ2n) is 8.61. The largest absolute Gasteiger partial charge is 0.490 e. The van der Waals surface area contributed by atoms with E-state index in [4.69, 9.17) is 8.92 Å². The number of esters is 1. The number of urea groups is 1. The van der Waals surface area contributed by atoms with Gasteiger partial charge in [0.25, 0.3) is 11.8 Å². The molecule has 3 aromatic carbocycles. The molecule has 41 heavy (non-hydrogen) atoms. The third kappa shape index (κ3) is 6.41. The van der Waals surface area contributed by atoms with Crippen molar-refractivity contribution >= 4 is 68.3 Å². The van der Waals surface area contributed by atoms with Crippen molar-refractivity contribution in [2.24, 2.45) is 0 Å². The number of amides is 4. The van der Waals surface area contributed by atoms with Crippen LogP contribution in [0.3, 0.4) is 0 Å². The van der Waals surface area contributed by atoms with E-state index in [-0.39, 0.29) is 39.8 Å². The van der Waals surface area contributed by atoms with Crippen molar-refractivity contribution in [2.45, 2.75) is 18.7 Å². The lowest BCUT2D eigenvalue weighted by Gasteiger charge is -2.26. The highest BCUT2D eigenvalue weighted by Crippen LogP contribution is 2.37. The number of methoxy groups -OCH3 is 1. The van der Waals surface area contributed by atoms with Crippen LogP contribution in [0, 0.1) is 10.5 Å². The van der Waals surface area contributed by atoms with Crippen molar-refractivity contribution in [3.63, 3.8) is 0 Å². The summed E-state index contributed by atoms with van der Waals surface area (Å²) in [5, 5.41) is 2.13. The molecular formula is C28H23IN2O9S. The van der Waals surface area contributed by atoms with Gasteiger partial charge in [0.15, 0.2) is 11.5 Å². The molecule has 1 fully saturated rings. The number of barbiturate groups is 1. The van der Waals surface area contributed by atoms with Crippen LogP contribution in [0.1, 0.15) is 28.4 Å². The van der Waals surface area contributed by atoms with Gasteiger partial charge in [-0.25, -0.2) is 14.5 Å². The highest BCUT2D eigenvalue weighted by molar-refractivity contribution is 14.1. The molecule has 4 rings (SSSR count). The second kappa shape index (κ2) is 12.1. The zero-order valence-corrected chi connectivity index (χ0v) is 24.9. The number of nitrogens with zero attached hydrogens (tertiary/aromatic N) is 1. The summed E-state index contributed by atoms with van der Waals surface area (Å²) in [6.07, 6.45) is 1.25. The molecule has 0 aliphatic carbocycles. The molecule has 1 aliphatic heterocycles. The van der Waals surface area contributed by atoms with Gasteiger partial charge in [0.05, 0.1) is 28.5 Å². The Hall–Kier alpha value is -4.24. The van der Waals surface area contributed by atoms with Gasteiger partial charge in [0, 0.05) is 0 Å². The minimum absolute atomic E-state index is 0.0404. The van der Waals surface area contributed by atoms with Gasteiger partial charge in [-0.15, -0.1) is 0 Å². The molecule has 3 aromatic rings. The number of anilines is 1. The molecule has 1 saturated heterocycles. The Morgan fingerprint density at radius 1 is 1.02 bits per heavy atom. The van der Waals surface area contributed by atoms with E-state index in [2.05, 4.69) is 10.1 Å². The Morgan fingerprint density at radius 2 is 1.68 bits per heavy atom. The van der Waals surface area contributed by atoms with E-state index in [9.17, 15) is 27.6 Å². The molecule has 13 heteroatoms. The first kappa shape index (κ1) is 29.7. The molecule has 0 aromatic heterocycles.